The van der Waals surface area contributed by atoms with E-state index in [1.165, 1.54) is 0 Å². The van der Waals surface area contributed by atoms with Gasteiger partial charge in [0.25, 0.3) is 0 Å². The largest absolute Gasteiger partial charge is 0.444 e. The van der Waals surface area contributed by atoms with Crippen LogP contribution in [0, 0.1) is 5.92 Å². The fourth-order valence-corrected chi connectivity index (χ4v) is 2.60. The molecule has 1 heterocycles. The molecule has 5 heteroatoms. The van der Waals surface area contributed by atoms with Crippen LogP contribution in [0.5, 0.6) is 0 Å². The van der Waals surface area contributed by atoms with Crippen molar-refractivity contribution in [2.45, 2.75) is 90.8 Å². The molecule has 0 aromatic rings. The van der Waals surface area contributed by atoms with Crippen molar-refractivity contribution >= 4 is 6.09 Å². The van der Waals surface area contributed by atoms with Gasteiger partial charge in [-0.25, -0.2) is 4.79 Å². The summed E-state index contributed by atoms with van der Waals surface area (Å²) in [5.74, 6) is 0.355. The van der Waals surface area contributed by atoms with Gasteiger partial charge < -0.3 is 19.9 Å². The van der Waals surface area contributed by atoms with Crippen molar-refractivity contribution in [1.82, 2.24) is 5.32 Å². The molecule has 1 saturated heterocycles. The Bertz CT molecular complexity index is 338. The number of aliphatic hydroxyl groups is 1. The van der Waals surface area contributed by atoms with Crippen LogP contribution >= 0.6 is 0 Å². The highest BCUT2D eigenvalue weighted by Gasteiger charge is 2.40. The minimum atomic E-state index is -0.538. The molecule has 2 N–H and O–H groups in total. The summed E-state index contributed by atoms with van der Waals surface area (Å²) in [4.78, 5) is 12.0. The fraction of sp³-hybridized carbons (Fsp3) is 0.938. The van der Waals surface area contributed by atoms with Crippen molar-refractivity contribution in [3.63, 3.8) is 0 Å². The van der Waals surface area contributed by atoms with Crippen LogP contribution in [0.2, 0.25) is 0 Å². The van der Waals surface area contributed by atoms with Crippen LogP contribution in [0.3, 0.4) is 0 Å². The first kappa shape index (κ1) is 18.2. The van der Waals surface area contributed by atoms with Crippen LogP contribution in [-0.2, 0) is 9.47 Å². The average molecular weight is 301 g/mol. The number of hydrogen-bond acceptors (Lipinski definition) is 4. The standard InChI is InChI=1S/C16H31NO4/c1-7-8-11(17-15(19)21-16(4,5)6)14-12(18)9-13(20-14)10(2)3/h10-14,18H,7-9H2,1-6H3,(H,17,19)/t11-,12-,13+,14-/m1/s1. The third kappa shape index (κ3) is 5.83. The molecule has 0 aromatic carbocycles. The predicted molar refractivity (Wildman–Crippen MR) is 82.2 cm³/mol. The SMILES string of the molecule is CCC[C@@H](NC(=O)OC(C)(C)C)[C@H]1O[C@H](C(C)C)C[C@H]1O. The van der Waals surface area contributed by atoms with Gasteiger partial charge in [-0.2, -0.15) is 0 Å². The quantitative estimate of drug-likeness (QED) is 0.819. The topological polar surface area (TPSA) is 67.8 Å². The molecule has 0 spiro atoms. The van der Waals surface area contributed by atoms with E-state index in [1.54, 1.807) is 0 Å². The number of ether oxygens (including phenoxy) is 2. The summed E-state index contributed by atoms with van der Waals surface area (Å²) in [6, 6.07) is -0.219. The molecule has 5 nitrogen and oxygen atoms in total. The van der Waals surface area contributed by atoms with E-state index in [4.69, 9.17) is 9.47 Å². The Morgan fingerprint density at radius 2 is 2.05 bits per heavy atom. The van der Waals surface area contributed by atoms with E-state index in [9.17, 15) is 9.90 Å². The van der Waals surface area contributed by atoms with E-state index in [2.05, 4.69) is 19.2 Å². The van der Waals surface area contributed by atoms with E-state index in [0.717, 1.165) is 12.8 Å². The molecule has 0 aliphatic carbocycles. The summed E-state index contributed by atoms with van der Waals surface area (Å²) in [6.45, 7) is 11.7. The zero-order chi connectivity index (χ0) is 16.2. The maximum Gasteiger partial charge on any atom is 0.407 e. The Morgan fingerprint density at radius 1 is 1.43 bits per heavy atom. The summed E-state index contributed by atoms with van der Waals surface area (Å²) in [7, 11) is 0. The minimum absolute atomic E-state index is 0.0461. The van der Waals surface area contributed by atoms with Crippen LogP contribution in [0.25, 0.3) is 0 Å². The zero-order valence-corrected chi connectivity index (χ0v) is 14.2. The Labute approximate surface area is 128 Å². The molecule has 0 saturated carbocycles. The highest BCUT2D eigenvalue weighted by Crippen LogP contribution is 2.29. The van der Waals surface area contributed by atoms with Crippen LogP contribution in [0.4, 0.5) is 4.79 Å². The molecule has 1 fully saturated rings. The van der Waals surface area contributed by atoms with Crippen molar-refractivity contribution in [2.75, 3.05) is 0 Å². The van der Waals surface area contributed by atoms with Gasteiger partial charge in [-0.05, 0) is 33.1 Å². The Kier molecular flexibility index (Phi) is 6.47. The smallest absolute Gasteiger partial charge is 0.407 e. The van der Waals surface area contributed by atoms with Gasteiger partial charge in [-0.3, -0.25) is 0 Å². The third-order valence-electron chi connectivity index (χ3n) is 3.63. The number of amides is 1. The van der Waals surface area contributed by atoms with E-state index >= 15 is 0 Å². The van der Waals surface area contributed by atoms with Crippen molar-refractivity contribution in [2.24, 2.45) is 5.92 Å². The lowest BCUT2D eigenvalue weighted by molar-refractivity contribution is -0.0300. The molecule has 124 valence electrons. The van der Waals surface area contributed by atoms with Crippen molar-refractivity contribution < 1.29 is 19.4 Å². The summed E-state index contributed by atoms with van der Waals surface area (Å²) in [6.07, 6.45) is 0.979. The van der Waals surface area contributed by atoms with Gasteiger partial charge in [-0.15, -0.1) is 0 Å². The second-order valence-electron chi connectivity index (χ2n) is 7.23. The summed E-state index contributed by atoms with van der Waals surface area (Å²) in [5.41, 5.74) is -0.531. The molecule has 4 atom stereocenters. The molecule has 0 aromatic heterocycles. The molecule has 1 aliphatic heterocycles. The van der Waals surface area contributed by atoms with Crippen LogP contribution in [-0.4, -0.2) is 41.2 Å². The number of rotatable bonds is 5. The Morgan fingerprint density at radius 3 is 2.48 bits per heavy atom. The van der Waals surface area contributed by atoms with Gasteiger partial charge in [0.05, 0.1) is 18.2 Å². The first-order valence-electron chi connectivity index (χ1n) is 7.97. The molecule has 0 radical (unpaired) electrons. The number of carbonyl (C=O) groups is 1. The molecule has 1 aliphatic rings. The monoisotopic (exact) mass is 301 g/mol. The summed E-state index contributed by atoms with van der Waals surface area (Å²) >= 11 is 0. The first-order chi connectivity index (χ1) is 9.64. The lowest BCUT2D eigenvalue weighted by Gasteiger charge is -2.28. The van der Waals surface area contributed by atoms with E-state index in [1.807, 2.05) is 27.7 Å². The number of alkyl carbamates (subject to hydrolysis) is 1. The summed E-state index contributed by atoms with van der Waals surface area (Å²) in [5, 5.41) is 13.1. The van der Waals surface area contributed by atoms with E-state index in [-0.39, 0.29) is 18.2 Å². The second kappa shape index (κ2) is 7.45. The number of hydrogen-bond donors (Lipinski definition) is 2. The van der Waals surface area contributed by atoms with E-state index < -0.39 is 17.8 Å². The lowest BCUT2D eigenvalue weighted by atomic mass is 9.98. The van der Waals surface area contributed by atoms with Gasteiger partial charge in [0.15, 0.2) is 0 Å². The van der Waals surface area contributed by atoms with Gasteiger partial charge in [-0.1, -0.05) is 27.2 Å². The molecular weight excluding hydrogens is 270 g/mol. The third-order valence-corrected chi connectivity index (χ3v) is 3.63. The predicted octanol–water partition coefficient (Wildman–Crippen LogP) is 2.85. The normalized spacial score (nSPS) is 27.7. The molecule has 0 unspecified atom stereocenters. The van der Waals surface area contributed by atoms with E-state index in [0.29, 0.717) is 12.3 Å². The highest BCUT2D eigenvalue weighted by molar-refractivity contribution is 5.68. The maximum absolute atomic E-state index is 12.0. The van der Waals surface area contributed by atoms with Crippen molar-refractivity contribution in [1.29, 1.82) is 0 Å². The number of nitrogens with one attached hydrogen (secondary N) is 1. The average Bonchev–Trinajstić information content (AvgIpc) is 2.68. The fourth-order valence-electron chi connectivity index (χ4n) is 2.60. The van der Waals surface area contributed by atoms with Gasteiger partial charge in [0, 0.05) is 6.42 Å². The Hall–Kier alpha value is -0.810. The lowest BCUT2D eigenvalue weighted by Crippen LogP contribution is -2.48. The van der Waals surface area contributed by atoms with Gasteiger partial charge >= 0.3 is 6.09 Å². The van der Waals surface area contributed by atoms with Crippen LogP contribution in [0.15, 0.2) is 0 Å². The van der Waals surface area contributed by atoms with Gasteiger partial charge in [0.2, 0.25) is 0 Å². The second-order valence-corrected chi connectivity index (χ2v) is 7.23. The zero-order valence-electron chi connectivity index (χ0n) is 14.2. The first-order valence-corrected chi connectivity index (χ1v) is 7.97. The molecular formula is C16H31NO4. The number of carbonyl (C=O) groups excluding carboxylic acids is 1. The van der Waals surface area contributed by atoms with Crippen LogP contribution < -0.4 is 5.32 Å². The molecule has 21 heavy (non-hydrogen) atoms. The maximum atomic E-state index is 12.0. The van der Waals surface area contributed by atoms with Crippen molar-refractivity contribution in [3.8, 4) is 0 Å². The number of aliphatic hydroxyl groups excluding tert-OH is 1. The van der Waals surface area contributed by atoms with Crippen LogP contribution in [0.1, 0.15) is 60.8 Å². The molecule has 1 rings (SSSR count). The molecule has 1 amide bonds. The summed E-state index contributed by atoms with van der Waals surface area (Å²) < 4.78 is 11.3. The molecule has 0 bridgehead atoms. The minimum Gasteiger partial charge on any atom is -0.444 e. The highest BCUT2D eigenvalue weighted by atomic mass is 16.6. The Balaban J connectivity index is 2.66. The van der Waals surface area contributed by atoms with Crippen molar-refractivity contribution in [3.05, 3.63) is 0 Å². The van der Waals surface area contributed by atoms with Gasteiger partial charge in [0.1, 0.15) is 11.7 Å².